The zero-order chi connectivity index (χ0) is 14.9. The maximum absolute atomic E-state index is 12.1. The fourth-order valence-electron chi connectivity index (χ4n) is 2.14. The average Bonchev–Trinajstić information content (AvgIpc) is 2.46. The normalized spacial score (nSPS) is 16.2. The lowest BCUT2D eigenvalue weighted by molar-refractivity contribution is -0.162. The van der Waals surface area contributed by atoms with Crippen LogP contribution in [-0.2, 0) is 14.3 Å². The van der Waals surface area contributed by atoms with E-state index in [2.05, 4.69) is 15.3 Å². The molecule has 3 rings (SSSR count). The van der Waals surface area contributed by atoms with Gasteiger partial charge in [0.25, 0.3) is 5.91 Å². The van der Waals surface area contributed by atoms with E-state index in [0.717, 1.165) is 5.39 Å². The van der Waals surface area contributed by atoms with Crippen LogP contribution < -0.4 is 11.1 Å². The van der Waals surface area contributed by atoms with Crippen molar-refractivity contribution in [2.24, 2.45) is 11.1 Å². The Morgan fingerprint density at radius 2 is 2.14 bits per heavy atom. The van der Waals surface area contributed by atoms with Gasteiger partial charge in [-0.3, -0.25) is 14.6 Å². The van der Waals surface area contributed by atoms with E-state index in [1.807, 2.05) is 0 Å². The van der Waals surface area contributed by atoms with Gasteiger partial charge in [0.15, 0.2) is 0 Å². The third-order valence-corrected chi connectivity index (χ3v) is 3.57. The molecule has 0 radical (unpaired) electrons. The molecule has 0 bridgehead atoms. The van der Waals surface area contributed by atoms with E-state index in [4.69, 9.17) is 10.5 Å². The molecule has 1 amide bonds. The summed E-state index contributed by atoms with van der Waals surface area (Å²) in [6.07, 6.45) is 3.29. The van der Waals surface area contributed by atoms with Crippen molar-refractivity contribution < 1.29 is 14.3 Å². The van der Waals surface area contributed by atoms with Crippen LogP contribution in [0, 0.1) is 5.41 Å². The summed E-state index contributed by atoms with van der Waals surface area (Å²) in [7, 11) is 0. The number of fused-ring (bicyclic) bond motifs is 1. The number of pyridine rings is 2. The zero-order valence-electron chi connectivity index (χ0n) is 11.2. The molecule has 3 heterocycles. The highest BCUT2D eigenvalue weighted by Gasteiger charge is 2.47. The fraction of sp³-hybridized carbons (Fsp3) is 0.286. The summed E-state index contributed by atoms with van der Waals surface area (Å²) >= 11 is 0. The molecule has 1 aliphatic heterocycles. The molecule has 108 valence electrons. The van der Waals surface area contributed by atoms with Crippen molar-refractivity contribution in [1.29, 1.82) is 0 Å². The number of Topliss-reactive ketones (excluding diaryl/α,β-unsaturated/α-hetero) is 1. The summed E-state index contributed by atoms with van der Waals surface area (Å²) in [6, 6.07) is 5.14. The van der Waals surface area contributed by atoms with Gasteiger partial charge in [0.05, 0.1) is 24.1 Å². The number of nitrogens with one attached hydrogen (secondary N) is 1. The van der Waals surface area contributed by atoms with Gasteiger partial charge in [-0.2, -0.15) is 0 Å². The van der Waals surface area contributed by atoms with Crippen molar-refractivity contribution in [3.8, 4) is 0 Å². The third kappa shape index (κ3) is 2.37. The number of ether oxygens (including phenoxy) is 1. The second kappa shape index (κ2) is 5.19. The molecule has 0 aromatic carbocycles. The number of rotatable bonds is 4. The Morgan fingerprint density at radius 3 is 2.81 bits per heavy atom. The number of nitrogens with two attached hydrogens (primary N) is 1. The monoisotopic (exact) mass is 286 g/mol. The molecule has 7 heteroatoms. The SMILES string of the molecule is NCC1(C(=O)C(=O)Nc2ccc3cnccc3n2)COC1. The molecule has 0 saturated carbocycles. The topological polar surface area (TPSA) is 107 Å². The Labute approximate surface area is 120 Å². The van der Waals surface area contributed by atoms with Gasteiger partial charge < -0.3 is 15.8 Å². The Bertz CT molecular complexity index is 707. The van der Waals surface area contributed by atoms with Crippen LogP contribution in [0.3, 0.4) is 0 Å². The highest BCUT2D eigenvalue weighted by molar-refractivity contribution is 6.42. The number of ketones is 1. The van der Waals surface area contributed by atoms with Gasteiger partial charge in [-0.25, -0.2) is 4.98 Å². The van der Waals surface area contributed by atoms with E-state index in [1.165, 1.54) is 0 Å². The van der Waals surface area contributed by atoms with Crippen molar-refractivity contribution >= 4 is 28.4 Å². The molecule has 7 nitrogen and oxygen atoms in total. The molecule has 1 fully saturated rings. The molecule has 1 aliphatic rings. The molecule has 0 spiro atoms. The number of nitrogens with zero attached hydrogens (tertiary/aromatic N) is 2. The number of hydrogen-bond donors (Lipinski definition) is 2. The maximum atomic E-state index is 12.1. The fourth-order valence-corrected chi connectivity index (χ4v) is 2.14. The Hall–Kier alpha value is -2.38. The molecule has 0 unspecified atom stereocenters. The maximum Gasteiger partial charge on any atom is 0.293 e. The van der Waals surface area contributed by atoms with Gasteiger partial charge in [0, 0.05) is 24.3 Å². The lowest BCUT2D eigenvalue weighted by Gasteiger charge is -2.37. The zero-order valence-corrected chi connectivity index (χ0v) is 11.2. The van der Waals surface area contributed by atoms with E-state index in [1.54, 1.807) is 30.6 Å². The summed E-state index contributed by atoms with van der Waals surface area (Å²) in [5.41, 5.74) is 5.38. The molecule has 0 aliphatic carbocycles. The van der Waals surface area contributed by atoms with Gasteiger partial charge in [-0.15, -0.1) is 0 Å². The summed E-state index contributed by atoms with van der Waals surface area (Å²) < 4.78 is 5.00. The quantitative estimate of drug-likeness (QED) is 0.773. The molecule has 0 atom stereocenters. The van der Waals surface area contributed by atoms with Crippen molar-refractivity contribution in [3.63, 3.8) is 0 Å². The Kier molecular flexibility index (Phi) is 3.36. The lowest BCUT2D eigenvalue weighted by atomic mass is 9.81. The minimum absolute atomic E-state index is 0.0933. The van der Waals surface area contributed by atoms with Crippen molar-refractivity contribution in [1.82, 2.24) is 9.97 Å². The van der Waals surface area contributed by atoms with Crippen LogP contribution in [0.15, 0.2) is 30.6 Å². The average molecular weight is 286 g/mol. The Morgan fingerprint density at radius 1 is 1.33 bits per heavy atom. The molecule has 3 N–H and O–H groups in total. The highest BCUT2D eigenvalue weighted by atomic mass is 16.5. The molecular formula is C14H14N4O3. The number of carbonyl (C=O) groups is 2. The molecule has 1 saturated heterocycles. The predicted octanol–water partition coefficient (Wildman–Crippen LogP) is 0.113. The number of carbonyl (C=O) groups excluding carboxylic acids is 2. The van der Waals surface area contributed by atoms with Crippen molar-refractivity contribution in [3.05, 3.63) is 30.6 Å². The first-order valence-electron chi connectivity index (χ1n) is 6.49. The second-order valence-corrected chi connectivity index (χ2v) is 5.03. The first-order valence-corrected chi connectivity index (χ1v) is 6.49. The lowest BCUT2D eigenvalue weighted by Crippen LogP contribution is -2.57. The minimum Gasteiger partial charge on any atom is -0.379 e. The molecule has 2 aromatic heterocycles. The molecule has 21 heavy (non-hydrogen) atoms. The van der Waals surface area contributed by atoms with E-state index in [9.17, 15) is 9.59 Å². The van der Waals surface area contributed by atoms with Crippen LogP contribution >= 0.6 is 0 Å². The van der Waals surface area contributed by atoms with Gasteiger partial charge in [0.1, 0.15) is 5.82 Å². The van der Waals surface area contributed by atoms with Crippen LogP contribution in [0.4, 0.5) is 5.82 Å². The number of hydrogen-bond acceptors (Lipinski definition) is 6. The number of aromatic nitrogens is 2. The van der Waals surface area contributed by atoms with Gasteiger partial charge in [-0.05, 0) is 18.2 Å². The second-order valence-electron chi connectivity index (χ2n) is 5.03. The first-order chi connectivity index (χ1) is 10.1. The van der Waals surface area contributed by atoms with Crippen LogP contribution in [0.5, 0.6) is 0 Å². The summed E-state index contributed by atoms with van der Waals surface area (Å²) in [4.78, 5) is 32.4. The smallest absolute Gasteiger partial charge is 0.293 e. The minimum atomic E-state index is -0.884. The first kappa shape index (κ1) is 13.6. The largest absolute Gasteiger partial charge is 0.379 e. The third-order valence-electron chi connectivity index (χ3n) is 3.57. The molecular weight excluding hydrogens is 272 g/mol. The number of amides is 1. The highest BCUT2D eigenvalue weighted by Crippen LogP contribution is 2.27. The van der Waals surface area contributed by atoms with Gasteiger partial charge >= 0.3 is 0 Å². The summed E-state index contributed by atoms with van der Waals surface area (Å²) in [6.45, 7) is 0.467. The van der Waals surface area contributed by atoms with E-state index < -0.39 is 17.1 Å². The summed E-state index contributed by atoms with van der Waals surface area (Å²) in [5.74, 6) is -0.961. The van der Waals surface area contributed by atoms with Gasteiger partial charge in [0.2, 0.25) is 5.78 Å². The van der Waals surface area contributed by atoms with Crippen LogP contribution in [0.2, 0.25) is 0 Å². The number of anilines is 1. The van der Waals surface area contributed by atoms with Crippen LogP contribution in [-0.4, -0.2) is 41.4 Å². The Balaban J connectivity index is 1.78. The van der Waals surface area contributed by atoms with Crippen LogP contribution in [0.25, 0.3) is 10.9 Å². The van der Waals surface area contributed by atoms with E-state index >= 15 is 0 Å². The standard InChI is InChI=1S/C14H14N4O3/c15-6-14(7-21-8-14)12(19)13(20)18-11-2-1-9-5-16-4-3-10(9)17-11/h1-5H,6-8,15H2,(H,17,18,20). The van der Waals surface area contributed by atoms with Crippen LogP contribution in [0.1, 0.15) is 0 Å². The van der Waals surface area contributed by atoms with Crippen molar-refractivity contribution in [2.45, 2.75) is 0 Å². The summed E-state index contributed by atoms with van der Waals surface area (Å²) in [5, 5.41) is 3.37. The van der Waals surface area contributed by atoms with Gasteiger partial charge in [-0.1, -0.05) is 0 Å². The van der Waals surface area contributed by atoms with Crippen molar-refractivity contribution in [2.75, 3.05) is 25.1 Å². The predicted molar refractivity (Wildman–Crippen MR) is 75.5 cm³/mol. The van der Waals surface area contributed by atoms with E-state index in [0.29, 0.717) is 11.3 Å². The van der Waals surface area contributed by atoms with E-state index in [-0.39, 0.29) is 19.8 Å². The molecule has 2 aromatic rings.